The molecule has 0 heterocycles. The van der Waals surface area contributed by atoms with E-state index in [1.807, 2.05) is 6.07 Å². The molecule has 0 atom stereocenters. The zero-order chi connectivity index (χ0) is 15.5. The van der Waals surface area contributed by atoms with E-state index in [-0.39, 0.29) is 0 Å². The zero-order valence-electron chi connectivity index (χ0n) is 13.4. The minimum atomic E-state index is 1.12. The summed E-state index contributed by atoms with van der Waals surface area (Å²) < 4.78 is 0. The lowest BCUT2D eigenvalue weighted by Crippen LogP contribution is -1.95. The van der Waals surface area contributed by atoms with Gasteiger partial charge in [0.25, 0.3) is 0 Å². The van der Waals surface area contributed by atoms with Crippen LogP contribution in [0.4, 0.5) is 11.4 Å². The number of benzene rings is 3. The molecule has 1 N–H and O–H groups in total. The van der Waals surface area contributed by atoms with Gasteiger partial charge in [0.05, 0.1) is 0 Å². The Morgan fingerprint density at radius 1 is 0.591 bits per heavy atom. The van der Waals surface area contributed by atoms with E-state index in [1.54, 1.807) is 0 Å². The van der Waals surface area contributed by atoms with Crippen molar-refractivity contribution in [2.24, 2.45) is 0 Å². The first-order valence-electron chi connectivity index (χ1n) is 7.64. The average Bonchev–Trinajstić information content (AvgIpc) is 2.54. The highest BCUT2D eigenvalue weighted by Crippen LogP contribution is 2.26. The van der Waals surface area contributed by atoms with Gasteiger partial charge in [-0.25, -0.2) is 0 Å². The third-order valence-corrected chi connectivity index (χ3v) is 4.11. The standard InChI is InChI=1S/C21H21N/c1-15-13-17(3)21(14-16(15)2)22-20-11-9-19(10-12-20)18-7-5-4-6-8-18/h4-14,22H,1-3H3. The Morgan fingerprint density at radius 2 is 1.18 bits per heavy atom. The molecule has 0 unspecified atom stereocenters. The molecule has 0 amide bonds. The topological polar surface area (TPSA) is 12.0 Å². The predicted octanol–water partition coefficient (Wildman–Crippen LogP) is 6.02. The van der Waals surface area contributed by atoms with E-state index in [0.29, 0.717) is 0 Å². The lowest BCUT2D eigenvalue weighted by atomic mass is 10.0. The molecule has 0 aliphatic carbocycles. The van der Waals surface area contributed by atoms with Crippen molar-refractivity contribution in [3.8, 4) is 11.1 Å². The first kappa shape index (κ1) is 14.4. The van der Waals surface area contributed by atoms with Crippen molar-refractivity contribution in [3.63, 3.8) is 0 Å². The van der Waals surface area contributed by atoms with Crippen molar-refractivity contribution in [2.75, 3.05) is 5.32 Å². The Bertz CT molecular complexity index is 771. The van der Waals surface area contributed by atoms with E-state index in [4.69, 9.17) is 0 Å². The molecule has 0 radical (unpaired) electrons. The van der Waals surface area contributed by atoms with E-state index < -0.39 is 0 Å². The van der Waals surface area contributed by atoms with Crippen LogP contribution in [-0.2, 0) is 0 Å². The molecular weight excluding hydrogens is 266 g/mol. The van der Waals surface area contributed by atoms with Crippen LogP contribution in [0.3, 0.4) is 0 Å². The van der Waals surface area contributed by atoms with Gasteiger partial charge in [-0.15, -0.1) is 0 Å². The maximum absolute atomic E-state index is 3.52. The molecule has 1 heteroatoms. The SMILES string of the molecule is Cc1cc(C)c(Nc2ccc(-c3ccccc3)cc2)cc1C. The van der Waals surface area contributed by atoms with E-state index in [1.165, 1.54) is 33.5 Å². The van der Waals surface area contributed by atoms with Gasteiger partial charge < -0.3 is 5.32 Å². The van der Waals surface area contributed by atoms with Gasteiger partial charge in [0.2, 0.25) is 0 Å². The van der Waals surface area contributed by atoms with Gasteiger partial charge in [0, 0.05) is 11.4 Å². The molecule has 1 nitrogen and oxygen atoms in total. The van der Waals surface area contributed by atoms with Crippen molar-refractivity contribution in [1.82, 2.24) is 0 Å². The first-order valence-corrected chi connectivity index (χ1v) is 7.64. The first-order chi connectivity index (χ1) is 10.6. The fraction of sp³-hybridized carbons (Fsp3) is 0.143. The summed E-state index contributed by atoms with van der Waals surface area (Å²) in [6.07, 6.45) is 0. The van der Waals surface area contributed by atoms with Gasteiger partial charge in [-0.2, -0.15) is 0 Å². The van der Waals surface area contributed by atoms with Gasteiger partial charge in [0.15, 0.2) is 0 Å². The summed E-state index contributed by atoms with van der Waals surface area (Å²) in [7, 11) is 0. The van der Waals surface area contributed by atoms with Crippen molar-refractivity contribution in [1.29, 1.82) is 0 Å². The van der Waals surface area contributed by atoms with E-state index in [9.17, 15) is 0 Å². The van der Waals surface area contributed by atoms with Crippen LogP contribution in [0.15, 0.2) is 66.7 Å². The van der Waals surface area contributed by atoms with Crippen LogP contribution in [0, 0.1) is 20.8 Å². The maximum atomic E-state index is 3.52. The largest absolute Gasteiger partial charge is 0.355 e. The molecule has 0 aliphatic rings. The molecule has 3 aromatic carbocycles. The van der Waals surface area contributed by atoms with Crippen molar-refractivity contribution < 1.29 is 0 Å². The van der Waals surface area contributed by atoms with Crippen LogP contribution in [0.25, 0.3) is 11.1 Å². The molecule has 0 bridgehead atoms. The fourth-order valence-electron chi connectivity index (χ4n) is 2.63. The second kappa shape index (κ2) is 6.07. The van der Waals surface area contributed by atoms with E-state index >= 15 is 0 Å². The lowest BCUT2D eigenvalue weighted by molar-refractivity contribution is 1.29. The fourth-order valence-corrected chi connectivity index (χ4v) is 2.63. The highest BCUT2D eigenvalue weighted by Gasteiger charge is 2.03. The Hall–Kier alpha value is -2.54. The monoisotopic (exact) mass is 287 g/mol. The van der Waals surface area contributed by atoms with E-state index in [2.05, 4.69) is 86.8 Å². The third kappa shape index (κ3) is 3.04. The molecule has 0 aromatic heterocycles. The molecule has 3 aromatic rings. The molecule has 110 valence electrons. The van der Waals surface area contributed by atoms with Gasteiger partial charge >= 0.3 is 0 Å². The summed E-state index contributed by atoms with van der Waals surface area (Å²) in [5.41, 5.74) is 8.70. The number of rotatable bonds is 3. The molecule has 0 saturated carbocycles. The predicted molar refractivity (Wildman–Crippen MR) is 95.8 cm³/mol. The van der Waals surface area contributed by atoms with Gasteiger partial charge in [-0.3, -0.25) is 0 Å². The minimum Gasteiger partial charge on any atom is -0.355 e. The Labute approximate surface area is 132 Å². The molecule has 0 fully saturated rings. The lowest BCUT2D eigenvalue weighted by Gasteiger charge is -2.13. The second-order valence-corrected chi connectivity index (χ2v) is 5.82. The van der Waals surface area contributed by atoms with Gasteiger partial charge in [-0.1, -0.05) is 48.5 Å². The van der Waals surface area contributed by atoms with Crippen molar-refractivity contribution in [3.05, 3.63) is 83.4 Å². The summed E-state index contributed by atoms with van der Waals surface area (Å²) in [5.74, 6) is 0. The Balaban J connectivity index is 1.84. The summed E-state index contributed by atoms with van der Waals surface area (Å²) in [5, 5.41) is 3.52. The molecular formula is C21H21N. The normalized spacial score (nSPS) is 10.5. The molecule has 0 saturated heterocycles. The summed E-state index contributed by atoms with van der Waals surface area (Å²) in [4.78, 5) is 0. The van der Waals surface area contributed by atoms with Crippen LogP contribution in [-0.4, -0.2) is 0 Å². The number of nitrogens with one attached hydrogen (secondary N) is 1. The van der Waals surface area contributed by atoms with Crippen LogP contribution in [0.5, 0.6) is 0 Å². The second-order valence-electron chi connectivity index (χ2n) is 5.82. The van der Waals surface area contributed by atoms with E-state index in [0.717, 1.165) is 5.69 Å². The molecule has 22 heavy (non-hydrogen) atoms. The molecule has 0 spiro atoms. The summed E-state index contributed by atoms with van der Waals surface area (Å²) in [6.45, 7) is 6.45. The highest BCUT2D eigenvalue weighted by molar-refractivity contribution is 5.69. The van der Waals surface area contributed by atoms with Crippen LogP contribution >= 0.6 is 0 Å². The van der Waals surface area contributed by atoms with Crippen LogP contribution in [0.1, 0.15) is 16.7 Å². The van der Waals surface area contributed by atoms with Crippen molar-refractivity contribution >= 4 is 11.4 Å². The molecule has 3 rings (SSSR count). The number of aryl methyl sites for hydroxylation is 3. The smallest absolute Gasteiger partial charge is 0.0416 e. The Morgan fingerprint density at radius 3 is 1.86 bits per heavy atom. The van der Waals surface area contributed by atoms with Gasteiger partial charge in [-0.05, 0) is 66.8 Å². The minimum absolute atomic E-state index is 1.12. The third-order valence-electron chi connectivity index (χ3n) is 4.11. The van der Waals surface area contributed by atoms with Crippen molar-refractivity contribution in [2.45, 2.75) is 20.8 Å². The Kier molecular flexibility index (Phi) is 3.97. The van der Waals surface area contributed by atoms with Crippen LogP contribution < -0.4 is 5.32 Å². The zero-order valence-corrected chi connectivity index (χ0v) is 13.4. The number of hydrogen-bond acceptors (Lipinski definition) is 1. The average molecular weight is 287 g/mol. The number of anilines is 2. The summed E-state index contributed by atoms with van der Waals surface area (Å²) >= 11 is 0. The van der Waals surface area contributed by atoms with Crippen LogP contribution in [0.2, 0.25) is 0 Å². The highest BCUT2D eigenvalue weighted by atomic mass is 14.9. The van der Waals surface area contributed by atoms with Gasteiger partial charge in [0.1, 0.15) is 0 Å². The maximum Gasteiger partial charge on any atom is 0.0416 e. The summed E-state index contributed by atoms with van der Waals surface area (Å²) in [6, 6.07) is 23.5. The quantitative estimate of drug-likeness (QED) is 0.621. The molecule has 0 aliphatic heterocycles. The number of hydrogen-bond donors (Lipinski definition) is 1.